The zero-order valence-corrected chi connectivity index (χ0v) is 34.0. The number of allylic oxidation sites excluding steroid dienone is 4. The van der Waals surface area contributed by atoms with E-state index in [0.717, 1.165) is 78.9 Å². The molecule has 0 N–H and O–H groups in total. The van der Waals surface area contributed by atoms with Crippen LogP contribution in [0.3, 0.4) is 0 Å². The lowest BCUT2D eigenvalue weighted by molar-refractivity contribution is 0.737. The number of fused-ring (bicyclic) bond motifs is 7. The van der Waals surface area contributed by atoms with Crippen LogP contribution in [0.25, 0.3) is 98.3 Å². The number of benzene rings is 7. The van der Waals surface area contributed by atoms with Gasteiger partial charge in [-0.25, -0.2) is 9.97 Å². The fraction of sp³-hybridized carbons (Fsp3) is 0.0545. The summed E-state index contributed by atoms with van der Waals surface area (Å²) < 4.78 is 4.84. The Bertz CT molecular complexity index is 3480. The molecule has 7 aromatic carbocycles. The van der Waals surface area contributed by atoms with Crippen molar-refractivity contribution in [3.63, 3.8) is 0 Å². The number of nitriles is 2. The maximum Gasteiger partial charge on any atom is 0.160 e. The SMILES string of the molecule is CC1C=C(c2cc(-c3nc(-c4ccccc4)cc(-c4ccccc4)n3)cc(-c3ccccc3C#N)c2-n2c3ccccc3c3c4sc5ccccc5c4ccc32)C(C#N)=CC1. The Morgan fingerprint density at radius 1 is 0.590 bits per heavy atom. The van der Waals surface area contributed by atoms with Gasteiger partial charge in [0.2, 0.25) is 0 Å². The predicted octanol–water partition coefficient (Wildman–Crippen LogP) is 14.4. The maximum absolute atomic E-state index is 10.8. The predicted molar refractivity (Wildman–Crippen MR) is 251 cm³/mol. The summed E-state index contributed by atoms with van der Waals surface area (Å²) in [5, 5.41) is 26.3. The van der Waals surface area contributed by atoms with E-state index in [1.807, 2.05) is 78.1 Å². The Morgan fingerprint density at radius 2 is 1.25 bits per heavy atom. The first-order chi connectivity index (χ1) is 30.1. The lowest BCUT2D eigenvalue weighted by atomic mass is 9.84. The molecule has 3 heterocycles. The van der Waals surface area contributed by atoms with Crippen LogP contribution < -0.4 is 0 Å². The van der Waals surface area contributed by atoms with E-state index in [0.29, 0.717) is 17.0 Å². The fourth-order valence-corrected chi connectivity index (χ4v) is 10.3. The van der Waals surface area contributed by atoms with Gasteiger partial charge in [0.05, 0.1) is 51.4 Å². The summed E-state index contributed by atoms with van der Waals surface area (Å²) in [4.78, 5) is 10.6. The van der Waals surface area contributed by atoms with E-state index in [1.54, 1.807) is 0 Å². The fourth-order valence-electron chi connectivity index (χ4n) is 8.99. The minimum atomic E-state index is 0.192. The van der Waals surface area contributed by atoms with Crippen molar-refractivity contribution < 1.29 is 0 Å². The van der Waals surface area contributed by atoms with E-state index in [-0.39, 0.29) is 5.92 Å². The van der Waals surface area contributed by atoms with Crippen LogP contribution in [0, 0.1) is 28.6 Å². The van der Waals surface area contributed by atoms with Crippen molar-refractivity contribution in [1.82, 2.24) is 14.5 Å². The van der Waals surface area contributed by atoms with Crippen LogP contribution in [0.2, 0.25) is 0 Å². The molecule has 0 spiro atoms. The van der Waals surface area contributed by atoms with Gasteiger partial charge in [-0.1, -0.05) is 140 Å². The Balaban J connectivity index is 1.31. The molecule has 0 aliphatic heterocycles. The van der Waals surface area contributed by atoms with Crippen LogP contribution >= 0.6 is 11.3 Å². The van der Waals surface area contributed by atoms with Crippen molar-refractivity contribution in [2.45, 2.75) is 13.3 Å². The largest absolute Gasteiger partial charge is 0.308 e. The standard InChI is InChI=1S/C55H35N5S/c1-34-24-25-38(33-57)44(28-34)46-30-39(55-58-47(35-14-4-2-5-15-35)31-48(59-55)36-16-6-3-7-17-36)29-45(40-19-9-8-18-37(40)32-56)53(46)60-49-22-12-10-21-43(49)52-50(60)27-26-42-41-20-11-13-23-51(41)61-54(42)52/h2-23,25-31,34H,24H2,1H3. The highest BCUT2D eigenvalue weighted by molar-refractivity contribution is 7.26. The maximum atomic E-state index is 10.8. The molecule has 0 saturated heterocycles. The summed E-state index contributed by atoms with van der Waals surface area (Å²) in [5.74, 6) is 0.738. The van der Waals surface area contributed by atoms with Crippen LogP contribution in [0.15, 0.2) is 182 Å². The number of hydrogen-bond acceptors (Lipinski definition) is 5. The topological polar surface area (TPSA) is 78.3 Å². The molecular weight excluding hydrogens is 763 g/mol. The molecular formula is C55H35N5S. The van der Waals surface area contributed by atoms with Gasteiger partial charge in [-0.3, -0.25) is 0 Å². The second-order valence-electron chi connectivity index (χ2n) is 15.6. The zero-order valence-electron chi connectivity index (χ0n) is 33.2. The molecule has 0 bridgehead atoms. The Morgan fingerprint density at radius 3 is 1.98 bits per heavy atom. The number of para-hydroxylation sites is 1. The molecule has 0 fully saturated rings. The second-order valence-corrected chi connectivity index (χ2v) is 16.6. The molecule has 1 atom stereocenters. The quantitative estimate of drug-likeness (QED) is 0.168. The van der Waals surface area contributed by atoms with Crippen molar-refractivity contribution in [2.75, 3.05) is 0 Å². The molecule has 5 nitrogen and oxygen atoms in total. The molecule has 6 heteroatoms. The third-order valence-corrected chi connectivity index (χ3v) is 13.0. The van der Waals surface area contributed by atoms with Gasteiger partial charge in [0.15, 0.2) is 5.82 Å². The highest BCUT2D eigenvalue weighted by Gasteiger charge is 2.28. The van der Waals surface area contributed by atoms with Gasteiger partial charge in [-0.05, 0) is 60.4 Å². The number of nitrogens with zero attached hydrogens (tertiary/aromatic N) is 5. The van der Waals surface area contributed by atoms with Crippen LogP contribution in [0.5, 0.6) is 0 Å². The Kier molecular flexibility index (Phi) is 8.74. The monoisotopic (exact) mass is 797 g/mol. The van der Waals surface area contributed by atoms with Crippen molar-refractivity contribution in [1.29, 1.82) is 10.5 Å². The van der Waals surface area contributed by atoms with Crippen molar-refractivity contribution in [3.05, 3.63) is 193 Å². The average Bonchev–Trinajstić information content (AvgIpc) is 3.87. The number of rotatable bonds is 6. The highest BCUT2D eigenvalue weighted by Crippen LogP contribution is 2.48. The van der Waals surface area contributed by atoms with Gasteiger partial charge in [0, 0.05) is 64.3 Å². The normalized spacial score (nSPS) is 13.9. The van der Waals surface area contributed by atoms with E-state index in [4.69, 9.17) is 9.97 Å². The first kappa shape index (κ1) is 36.2. The molecule has 0 amide bonds. The van der Waals surface area contributed by atoms with Crippen molar-refractivity contribution in [3.8, 4) is 62.9 Å². The minimum Gasteiger partial charge on any atom is -0.308 e. The Labute approximate surface area is 357 Å². The third-order valence-electron chi connectivity index (χ3n) is 11.8. The van der Waals surface area contributed by atoms with E-state index in [1.165, 1.54) is 25.6 Å². The lowest BCUT2D eigenvalue weighted by Crippen LogP contribution is -2.08. The lowest BCUT2D eigenvalue weighted by Gasteiger charge is -2.24. The second kappa shape index (κ2) is 14.7. The van der Waals surface area contributed by atoms with E-state index in [2.05, 4.69) is 133 Å². The van der Waals surface area contributed by atoms with Gasteiger partial charge >= 0.3 is 0 Å². The first-order valence-electron chi connectivity index (χ1n) is 20.4. The summed E-state index contributed by atoms with van der Waals surface area (Å²) in [5.41, 5.74) is 11.8. The van der Waals surface area contributed by atoms with E-state index >= 15 is 0 Å². The van der Waals surface area contributed by atoms with Crippen LogP contribution in [-0.4, -0.2) is 14.5 Å². The molecule has 286 valence electrons. The van der Waals surface area contributed by atoms with Gasteiger partial charge in [-0.2, -0.15) is 10.5 Å². The molecule has 10 aromatic rings. The minimum absolute atomic E-state index is 0.192. The van der Waals surface area contributed by atoms with Gasteiger partial charge in [0.1, 0.15) is 0 Å². The van der Waals surface area contributed by atoms with Gasteiger partial charge in [-0.15, -0.1) is 11.3 Å². The molecule has 3 aromatic heterocycles. The number of aromatic nitrogens is 3. The van der Waals surface area contributed by atoms with Crippen LogP contribution in [0.1, 0.15) is 24.5 Å². The highest BCUT2D eigenvalue weighted by atomic mass is 32.1. The smallest absolute Gasteiger partial charge is 0.160 e. The molecule has 61 heavy (non-hydrogen) atoms. The number of hydrogen-bond donors (Lipinski definition) is 0. The average molecular weight is 798 g/mol. The first-order valence-corrected chi connectivity index (χ1v) is 21.2. The summed E-state index contributed by atoms with van der Waals surface area (Å²) >= 11 is 1.82. The Hall–Kier alpha value is -7.90. The molecule has 1 unspecified atom stereocenters. The summed E-state index contributed by atoms with van der Waals surface area (Å²) in [6, 6.07) is 61.3. The molecule has 1 aliphatic rings. The number of thiophene rings is 1. The van der Waals surface area contributed by atoms with Crippen molar-refractivity contribution >= 4 is 58.9 Å². The summed E-state index contributed by atoms with van der Waals surface area (Å²) in [6.45, 7) is 2.19. The molecule has 0 radical (unpaired) electrons. The van der Waals surface area contributed by atoms with Crippen LogP contribution in [-0.2, 0) is 0 Å². The molecule has 11 rings (SSSR count). The van der Waals surface area contributed by atoms with Crippen molar-refractivity contribution in [2.24, 2.45) is 5.92 Å². The molecule has 0 saturated carbocycles. The van der Waals surface area contributed by atoms with Gasteiger partial charge in [0.25, 0.3) is 0 Å². The summed E-state index contributed by atoms with van der Waals surface area (Å²) in [7, 11) is 0. The van der Waals surface area contributed by atoms with E-state index in [9.17, 15) is 10.5 Å². The zero-order chi connectivity index (χ0) is 41.0. The summed E-state index contributed by atoms with van der Waals surface area (Å²) in [6.07, 6.45) is 5.06. The van der Waals surface area contributed by atoms with Gasteiger partial charge < -0.3 is 4.57 Å². The third kappa shape index (κ3) is 6.04. The van der Waals surface area contributed by atoms with Crippen LogP contribution in [0.4, 0.5) is 0 Å². The van der Waals surface area contributed by atoms with E-state index < -0.39 is 0 Å². The molecule has 1 aliphatic carbocycles.